The van der Waals surface area contributed by atoms with Crippen LogP contribution in [0, 0.1) is 37.9 Å². The van der Waals surface area contributed by atoms with Crippen molar-refractivity contribution in [2.75, 3.05) is 79.9 Å². The predicted molar refractivity (Wildman–Crippen MR) is 499 cm³/mol. The molecular weight excluding hydrogens is 1810 g/mol. The highest BCUT2D eigenvalue weighted by atomic mass is 35.7. The number of hydrogen-bond donors (Lipinski definition) is 8. The summed E-state index contributed by atoms with van der Waals surface area (Å²) in [5, 5.41) is 133. The van der Waals surface area contributed by atoms with E-state index in [-0.39, 0.29) is 57.2 Å². The number of aryl methyl sites for hydroxylation is 1. The molecule has 0 saturated carbocycles. The number of Topliss-reactive ketones (excluding diaryl/α,β-unsaturated/α-hetero) is 1. The lowest BCUT2D eigenvalue weighted by Crippen LogP contribution is -2.68. The van der Waals surface area contributed by atoms with Crippen molar-refractivity contribution in [1.29, 1.82) is 5.41 Å². The second-order valence-electron chi connectivity index (χ2n) is 29.3. The van der Waals surface area contributed by atoms with Crippen molar-refractivity contribution in [2.45, 2.75) is 34.6 Å². The molecule has 9 aromatic rings. The Bertz CT molecular complexity index is 6830. The zero-order valence-corrected chi connectivity index (χ0v) is 77.6. The van der Waals surface area contributed by atoms with Gasteiger partial charge in [0.25, 0.3) is 0 Å². The number of nitrogen functional groups attached to an aromatic ring is 2. The summed E-state index contributed by atoms with van der Waals surface area (Å²) in [5.74, 6) is 0.339. The molecule has 10 N–H and O–H groups in total. The van der Waals surface area contributed by atoms with Crippen LogP contribution in [0.1, 0.15) is 33.3 Å². The Labute approximate surface area is 790 Å². The topological polar surface area (TPSA) is 631 Å². The highest BCUT2D eigenvalue weighted by Gasteiger charge is 2.21. The van der Waals surface area contributed by atoms with Crippen molar-refractivity contribution in [2.24, 2.45) is 71.5 Å². The SMILES string of the molecule is CC1=CC(=NN=c2ccccn2O)C(C)=CC1=O.CC1=CC(=NN=c2ccccn2O)C=C(C)C1=O.CN(C)C1=CC(=N)C(=NN=c2ccccn2O)C=C1.CN(C)C1=CC(=O)C(=NN=c2ccccn2O)C=C1.CN(C)C1=CC(=O)C=CC1=NN=c1ccccn1O.CN(C)c1ccc(N=Nc2cccc[n+]2[O-])c([N+](=O)[O-])c1.CO[n+]1ccccc1N=Nc1cc(C)c(N)cc1N.[O-][Cl+3]([O-])([O-])[O-]. The van der Waals surface area contributed by atoms with E-state index in [0.717, 1.165) is 46.2 Å². The zero-order chi connectivity index (χ0) is 101. The molecule has 0 amide bonds. The lowest BCUT2D eigenvalue weighted by atomic mass is 9.98. The maximum absolute atomic E-state index is 11.8. The Hall–Kier alpha value is -18.3. The number of pyridine rings is 7. The van der Waals surface area contributed by atoms with E-state index in [1.54, 1.807) is 241 Å². The van der Waals surface area contributed by atoms with Crippen LogP contribution in [0.25, 0.3) is 0 Å². The molecule has 14 rings (SSSR count). The van der Waals surface area contributed by atoms with Crippen molar-refractivity contribution in [3.63, 3.8) is 0 Å². The van der Waals surface area contributed by atoms with Gasteiger partial charge in [-0.3, -0.25) is 34.7 Å². The van der Waals surface area contributed by atoms with Crippen molar-refractivity contribution in [1.82, 2.24) is 38.4 Å². The number of ketones is 4. The molecule has 716 valence electrons. The number of azo groups is 2. The quantitative estimate of drug-likeness (QED) is 0.00775. The van der Waals surface area contributed by atoms with Gasteiger partial charge < -0.3 is 67.1 Å². The zero-order valence-electron chi connectivity index (χ0n) is 76.9. The fourth-order valence-corrected chi connectivity index (χ4v) is 10.8. The number of allylic oxidation sites excluding steroid dienone is 17. The molecule has 0 unspecified atom stereocenters. The minimum Gasteiger partial charge on any atom is -0.710 e. The Morgan fingerprint density at radius 1 is 0.420 bits per heavy atom. The van der Waals surface area contributed by atoms with Gasteiger partial charge in [-0.25, -0.2) is 23.4 Å². The number of nitro benzene ring substituents is 1. The van der Waals surface area contributed by atoms with Crippen LogP contribution in [-0.4, -0.2) is 190 Å². The summed E-state index contributed by atoms with van der Waals surface area (Å²) in [7, 11) is 11.4. The number of nitro groups is 1. The van der Waals surface area contributed by atoms with Crippen molar-refractivity contribution in [3.8, 4) is 0 Å². The van der Waals surface area contributed by atoms with Crippen LogP contribution in [-0.2, 0) is 19.2 Å². The molecular formula is C91H98ClN29O17. The fraction of sp³-hybridized carbons (Fsp3) is 0.154. The number of benzene rings is 2. The second-order valence-corrected chi connectivity index (χ2v) is 30.1. The maximum atomic E-state index is 11.8. The molecule has 7 heterocycles. The fourth-order valence-electron chi connectivity index (χ4n) is 10.8. The van der Waals surface area contributed by atoms with Crippen molar-refractivity contribution >= 4 is 103 Å². The maximum Gasteiger partial charge on any atom is 0.388 e. The van der Waals surface area contributed by atoms with Gasteiger partial charge in [-0.15, -0.1) is 61.3 Å². The van der Waals surface area contributed by atoms with E-state index in [9.17, 15) is 60.5 Å². The summed E-state index contributed by atoms with van der Waals surface area (Å²) in [4.78, 5) is 69.0. The first-order chi connectivity index (χ1) is 65.5. The van der Waals surface area contributed by atoms with Crippen LogP contribution in [0.4, 0.5) is 45.8 Å². The minimum atomic E-state index is -4.94. The van der Waals surface area contributed by atoms with E-state index in [2.05, 4.69) is 71.5 Å². The van der Waals surface area contributed by atoms with Gasteiger partial charge in [0.1, 0.15) is 36.1 Å². The Morgan fingerprint density at radius 3 is 1.31 bits per heavy atom. The Morgan fingerprint density at radius 2 is 0.855 bits per heavy atom. The highest BCUT2D eigenvalue weighted by Crippen LogP contribution is 2.33. The Balaban J connectivity index is 0.000000217. The third-order valence-electron chi connectivity index (χ3n) is 18.1. The summed E-state index contributed by atoms with van der Waals surface area (Å²) in [6, 6.07) is 43.4. The van der Waals surface area contributed by atoms with Gasteiger partial charge in [0.15, 0.2) is 50.5 Å². The first kappa shape index (κ1) is 107. The van der Waals surface area contributed by atoms with Gasteiger partial charge in [0.05, 0.1) is 49.9 Å². The van der Waals surface area contributed by atoms with E-state index >= 15 is 0 Å². The molecule has 0 aliphatic heterocycles. The minimum absolute atomic E-state index is 0.0108. The average molecular weight is 1910 g/mol. The number of nitrogens with zero attached hydrogens (tertiary/aromatic N) is 26. The number of halogens is 1. The number of aromatic nitrogens is 7. The van der Waals surface area contributed by atoms with Gasteiger partial charge in [-0.05, 0) is 247 Å². The van der Waals surface area contributed by atoms with Crippen LogP contribution in [0.5, 0.6) is 0 Å². The molecule has 7 aromatic heterocycles. The molecule has 0 saturated heterocycles. The van der Waals surface area contributed by atoms with Gasteiger partial charge in [-0.2, -0.15) is 23.7 Å². The molecule has 0 atom stereocenters. The third kappa shape index (κ3) is 34.5. The van der Waals surface area contributed by atoms with E-state index in [1.807, 2.05) is 77.2 Å². The summed E-state index contributed by atoms with van der Waals surface area (Å²) in [6.07, 6.45) is 31.6. The third-order valence-corrected chi connectivity index (χ3v) is 18.1. The van der Waals surface area contributed by atoms with Crippen LogP contribution >= 0.6 is 0 Å². The summed E-state index contributed by atoms with van der Waals surface area (Å²) in [6.45, 7) is 8.90. The molecule has 2 aromatic carbocycles. The normalized spacial score (nSPS) is 15.5. The molecule has 47 heteroatoms. The molecule has 0 spiro atoms. The number of nitrogens with one attached hydrogen (secondary N) is 1. The highest BCUT2D eigenvalue weighted by molar-refractivity contribution is 6.50. The molecule has 5 aliphatic carbocycles. The molecule has 46 nitrogen and oxygen atoms in total. The molecule has 138 heavy (non-hydrogen) atoms. The van der Waals surface area contributed by atoms with Gasteiger partial charge in [-0.1, -0.05) is 36.4 Å². The summed E-state index contributed by atoms with van der Waals surface area (Å²) in [5.41, 5.74) is 24.2. The number of nitrogens with two attached hydrogens (primary N) is 2. The number of carbonyl (C=O) groups is 4. The van der Waals surface area contributed by atoms with Crippen LogP contribution in [0.2, 0.25) is 0 Å². The number of likely N-dealkylation sites (N-methyl/N-ethyl adjacent to an activating group) is 2. The van der Waals surface area contributed by atoms with Crippen LogP contribution in [0.15, 0.2) is 391 Å². The van der Waals surface area contributed by atoms with Crippen molar-refractivity contribution in [3.05, 3.63) is 368 Å². The van der Waals surface area contributed by atoms with E-state index in [4.69, 9.17) is 40.4 Å². The molecule has 0 bridgehead atoms. The van der Waals surface area contributed by atoms with E-state index in [0.29, 0.717) is 101 Å². The predicted octanol–water partition coefficient (Wildman–Crippen LogP) is 4.94. The van der Waals surface area contributed by atoms with E-state index < -0.39 is 15.2 Å². The standard InChI is InChI=1S/C13H13N5O3.2C13H15N5O.2C13H14N4O2.2C13H13N3O2.ClHO4/c1-16(2)10-6-7-11(12(9-10)18(20)21)14-15-13-5-3-4-8-17(13)19;1-17(2)10-6-7-12(11(14)9-10)15-16-13-5-3-4-8-18(13)19;1-9-7-12(11(15)8-10(9)14)16-17-13-5-3-4-6-18(13)19-2;1-16(2)12-9-10(18)6-7-11(12)14-15-13-5-3-4-8-17(13)19;1-16(2)10-6-7-11(12(18)9-10)14-15-13-5-3-4-8-17(13)19;1-9-8-12(17)10(2)7-11(9)14-15-13-5-3-4-6-16(13)18;1-9-7-11(8-10(2)13(9)17)14-15-12-5-3-4-6-16(12)18;2-1(3,4)5/h3-9H,1-2H3;3-9,14,19H,1-2H3;3-8H,1-2H3,(H3,14,15);2*3-9,19H,1-2H3;2*3-8,18H,1-2H3;(H,2,3,4,5). The smallest absolute Gasteiger partial charge is 0.388 e. The van der Waals surface area contributed by atoms with Gasteiger partial charge in [0.2, 0.25) is 5.78 Å². The first-order valence-corrected chi connectivity index (χ1v) is 41.7. The number of hydrogen-bond acceptors (Lipinski definition) is 38. The number of rotatable bonds is 15. The first-order valence-electron chi connectivity index (χ1n) is 40.4. The average Bonchev–Trinajstić information content (AvgIpc) is 0.835. The molecule has 0 radical (unpaired) electrons. The Kier molecular flexibility index (Phi) is 40.3. The second kappa shape index (κ2) is 52.1. The largest absolute Gasteiger partial charge is 0.710 e. The molecule has 0 fully saturated rings. The van der Waals surface area contributed by atoms with Crippen molar-refractivity contribution < 1.29 is 93.3 Å². The van der Waals surface area contributed by atoms with Crippen LogP contribution < -0.4 is 76.7 Å². The van der Waals surface area contributed by atoms with Gasteiger partial charge in [0, 0.05) is 140 Å². The molecule has 5 aliphatic rings. The number of anilines is 3. The summed E-state index contributed by atoms with van der Waals surface area (Å²) >= 11 is 0. The van der Waals surface area contributed by atoms with E-state index in [1.165, 1.54) is 84.4 Å². The lowest BCUT2D eigenvalue weighted by Gasteiger charge is -2.18. The lowest BCUT2D eigenvalue weighted by molar-refractivity contribution is -2.00. The monoisotopic (exact) mass is 1900 g/mol. The van der Waals surface area contributed by atoms with Gasteiger partial charge >= 0.3 is 17.3 Å². The number of carbonyl (C=O) groups excluding carboxylic acids is 4. The van der Waals surface area contributed by atoms with Crippen LogP contribution in [0.3, 0.4) is 0 Å². The summed E-state index contributed by atoms with van der Waals surface area (Å²) < 4.78 is 40.4.